The molecule has 2 N–H and O–H groups in total. The van der Waals surface area contributed by atoms with Gasteiger partial charge in [-0.3, -0.25) is 4.79 Å². The lowest BCUT2D eigenvalue weighted by Gasteiger charge is -2.26. The number of halogens is 1. The van der Waals surface area contributed by atoms with Crippen molar-refractivity contribution in [1.29, 1.82) is 0 Å². The SMILES string of the molecule is O=C(NC1CNC1=O)OCc1ccc(I)cc1. The van der Waals surface area contributed by atoms with E-state index < -0.39 is 12.1 Å². The molecule has 1 aliphatic rings. The van der Waals surface area contributed by atoms with Crippen molar-refractivity contribution in [3.8, 4) is 0 Å². The van der Waals surface area contributed by atoms with Gasteiger partial charge in [0.15, 0.2) is 0 Å². The van der Waals surface area contributed by atoms with Gasteiger partial charge in [-0.2, -0.15) is 0 Å². The zero-order valence-electron chi connectivity index (χ0n) is 8.90. The number of ether oxygens (including phenoxy) is 1. The number of amides is 2. The topological polar surface area (TPSA) is 67.4 Å². The molecule has 1 atom stereocenters. The van der Waals surface area contributed by atoms with E-state index in [9.17, 15) is 9.59 Å². The fraction of sp³-hybridized carbons (Fsp3) is 0.273. The number of rotatable bonds is 3. The molecule has 90 valence electrons. The molecule has 17 heavy (non-hydrogen) atoms. The molecule has 1 aliphatic heterocycles. The predicted octanol–water partition coefficient (Wildman–Crippen LogP) is 1.02. The highest BCUT2D eigenvalue weighted by atomic mass is 127. The molecule has 1 fully saturated rings. The van der Waals surface area contributed by atoms with Crippen LogP contribution in [0.2, 0.25) is 0 Å². The molecule has 1 aromatic rings. The summed E-state index contributed by atoms with van der Waals surface area (Å²) in [6, 6.07) is 7.22. The largest absolute Gasteiger partial charge is 0.445 e. The summed E-state index contributed by atoms with van der Waals surface area (Å²) in [4.78, 5) is 22.2. The molecule has 2 amide bonds. The Kier molecular flexibility index (Phi) is 3.82. The lowest BCUT2D eigenvalue weighted by molar-refractivity contribution is -0.128. The van der Waals surface area contributed by atoms with E-state index in [4.69, 9.17) is 4.74 Å². The second-order valence-corrected chi connectivity index (χ2v) is 4.89. The molecule has 0 aromatic heterocycles. The first-order chi connectivity index (χ1) is 8.15. The minimum absolute atomic E-state index is 0.170. The van der Waals surface area contributed by atoms with Crippen LogP contribution in [0.25, 0.3) is 0 Å². The van der Waals surface area contributed by atoms with Gasteiger partial charge in [0, 0.05) is 10.1 Å². The van der Waals surface area contributed by atoms with E-state index >= 15 is 0 Å². The minimum atomic E-state index is -0.566. The van der Waals surface area contributed by atoms with Gasteiger partial charge in [0.25, 0.3) is 0 Å². The second kappa shape index (κ2) is 5.35. The predicted molar refractivity (Wildman–Crippen MR) is 69.3 cm³/mol. The van der Waals surface area contributed by atoms with Crippen LogP contribution in [0, 0.1) is 3.57 Å². The van der Waals surface area contributed by atoms with Crippen LogP contribution in [-0.4, -0.2) is 24.6 Å². The Morgan fingerprint density at radius 3 is 2.71 bits per heavy atom. The smallest absolute Gasteiger partial charge is 0.408 e. The van der Waals surface area contributed by atoms with E-state index in [2.05, 4.69) is 33.2 Å². The molecular weight excluding hydrogens is 335 g/mol. The third-order valence-corrected chi connectivity index (χ3v) is 3.09. The van der Waals surface area contributed by atoms with Gasteiger partial charge in [-0.1, -0.05) is 12.1 Å². The third-order valence-electron chi connectivity index (χ3n) is 2.37. The summed E-state index contributed by atoms with van der Waals surface area (Å²) in [7, 11) is 0. The molecule has 0 radical (unpaired) electrons. The van der Waals surface area contributed by atoms with E-state index in [0.717, 1.165) is 9.13 Å². The summed E-state index contributed by atoms with van der Waals surface area (Å²) in [5.74, 6) is -0.170. The van der Waals surface area contributed by atoms with Crippen LogP contribution >= 0.6 is 22.6 Å². The second-order valence-electron chi connectivity index (χ2n) is 3.64. The Labute approximate surface area is 112 Å². The maximum Gasteiger partial charge on any atom is 0.408 e. The standard InChI is InChI=1S/C11H11IN2O3/c12-8-3-1-7(2-4-8)6-17-11(16)14-9-5-13-10(9)15/h1-4,9H,5-6H2,(H,13,15)(H,14,16). The lowest BCUT2D eigenvalue weighted by Crippen LogP contribution is -2.61. The van der Waals surface area contributed by atoms with Gasteiger partial charge >= 0.3 is 6.09 Å². The van der Waals surface area contributed by atoms with E-state index in [0.29, 0.717) is 6.54 Å². The highest BCUT2D eigenvalue weighted by Gasteiger charge is 2.29. The van der Waals surface area contributed by atoms with E-state index in [1.165, 1.54) is 0 Å². The van der Waals surface area contributed by atoms with Crippen LogP contribution in [0.5, 0.6) is 0 Å². The molecular formula is C11H11IN2O3. The number of alkyl carbamates (subject to hydrolysis) is 1. The first kappa shape index (κ1) is 12.2. The van der Waals surface area contributed by atoms with Crippen molar-refractivity contribution in [2.45, 2.75) is 12.6 Å². The molecule has 0 saturated carbocycles. The normalized spacial score (nSPS) is 17.9. The van der Waals surface area contributed by atoms with E-state index in [1.54, 1.807) is 0 Å². The summed E-state index contributed by atoms with van der Waals surface area (Å²) in [6.07, 6.45) is -0.566. The van der Waals surface area contributed by atoms with Crippen LogP contribution in [0.15, 0.2) is 24.3 Å². The van der Waals surface area contributed by atoms with Crippen molar-refractivity contribution in [1.82, 2.24) is 10.6 Å². The van der Waals surface area contributed by atoms with Gasteiger partial charge < -0.3 is 15.4 Å². The Morgan fingerprint density at radius 1 is 1.47 bits per heavy atom. The van der Waals surface area contributed by atoms with Gasteiger partial charge in [0.1, 0.15) is 12.6 Å². The van der Waals surface area contributed by atoms with Crippen LogP contribution in [0.4, 0.5) is 4.79 Å². The average Bonchev–Trinajstić information content (AvgIpc) is 2.33. The fourth-order valence-electron chi connectivity index (χ4n) is 1.32. The summed E-state index contributed by atoms with van der Waals surface area (Å²) in [6.45, 7) is 0.675. The molecule has 5 nitrogen and oxygen atoms in total. The molecule has 1 unspecified atom stereocenters. The lowest BCUT2D eigenvalue weighted by atomic mass is 10.2. The number of nitrogens with one attached hydrogen (secondary N) is 2. The van der Waals surface area contributed by atoms with Gasteiger partial charge in [0.05, 0.1) is 0 Å². The first-order valence-electron chi connectivity index (χ1n) is 5.10. The fourth-order valence-corrected chi connectivity index (χ4v) is 1.68. The first-order valence-corrected chi connectivity index (χ1v) is 6.18. The number of hydrogen-bond acceptors (Lipinski definition) is 3. The number of benzene rings is 1. The minimum Gasteiger partial charge on any atom is -0.445 e. The summed E-state index contributed by atoms with van der Waals surface area (Å²) in [5, 5.41) is 5.01. The zero-order chi connectivity index (χ0) is 12.3. The maximum absolute atomic E-state index is 11.3. The number of β-lactam (4-membered cyclic amide) rings is 1. The molecule has 0 bridgehead atoms. The monoisotopic (exact) mass is 346 g/mol. The van der Waals surface area contributed by atoms with Crippen molar-refractivity contribution in [3.63, 3.8) is 0 Å². The highest BCUT2D eigenvalue weighted by Crippen LogP contribution is 2.07. The Balaban J connectivity index is 1.76. The summed E-state index contributed by atoms with van der Waals surface area (Å²) < 4.78 is 6.12. The van der Waals surface area contributed by atoms with Gasteiger partial charge in [0.2, 0.25) is 5.91 Å². The van der Waals surface area contributed by atoms with Crippen LogP contribution in [0.3, 0.4) is 0 Å². The molecule has 0 aliphatic carbocycles. The van der Waals surface area contributed by atoms with E-state index in [-0.39, 0.29) is 12.5 Å². The maximum atomic E-state index is 11.3. The quantitative estimate of drug-likeness (QED) is 0.634. The van der Waals surface area contributed by atoms with Gasteiger partial charge in [-0.15, -0.1) is 0 Å². The Hall–Kier alpha value is -1.31. The van der Waals surface area contributed by atoms with Gasteiger partial charge in [-0.25, -0.2) is 4.79 Å². The molecule has 0 spiro atoms. The number of carbonyl (C=O) groups is 2. The average molecular weight is 346 g/mol. The molecule has 1 heterocycles. The Bertz CT molecular complexity index is 433. The van der Waals surface area contributed by atoms with Crippen molar-refractivity contribution < 1.29 is 14.3 Å². The summed E-state index contributed by atoms with van der Waals surface area (Å²) in [5.41, 5.74) is 0.915. The van der Waals surface area contributed by atoms with Crippen LogP contribution in [-0.2, 0) is 16.1 Å². The molecule has 1 saturated heterocycles. The van der Waals surface area contributed by atoms with Crippen LogP contribution in [0.1, 0.15) is 5.56 Å². The third kappa shape index (κ3) is 3.32. The number of hydrogen-bond donors (Lipinski definition) is 2. The van der Waals surface area contributed by atoms with Crippen molar-refractivity contribution in [2.75, 3.05) is 6.54 Å². The van der Waals surface area contributed by atoms with Crippen molar-refractivity contribution in [3.05, 3.63) is 33.4 Å². The van der Waals surface area contributed by atoms with E-state index in [1.807, 2.05) is 24.3 Å². The highest BCUT2D eigenvalue weighted by molar-refractivity contribution is 14.1. The molecule has 1 aromatic carbocycles. The van der Waals surface area contributed by atoms with Crippen molar-refractivity contribution >= 4 is 34.6 Å². The van der Waals surface area contributed by atoms with Crippen LogP contribution < -0.4 is 10.6 Å². The number of carbonyl (C=O) groups excluding carboxylic acids is 2. The molecule has 6 heteroatoms. The van der Waals surface area contributed by atoms with Crippen molar-refractivity contribution in [2.24, 2.45) is 0 Å². The van der Waals surface area contributed by atoms with Gasteiger partial charge in [-0.05, 0) is 40.3 Å². The Morgan fingerprint density at radius 2 is 2.18 bits per heavy atom. The molecule has 2 rings (SSSR count). The zero-order valence-corrected chi connectivity index (χ0v) is 11.1. The summed E-state index contributed by atoms with van der Waals surface area (Å²) >= 11 is 2.20.